The van der Waals surface area contributed by atoms with Crippen LogP contribution >= 0.6 is 0 Å². The molecule has 0 spiro atoms. The maximum absolute atomic E-state index is 12.1. The fraction of sp³-hybridized carbons (Fsp3) is 0.500. The van der Waals surface area contributed by atoms with Crippen LogP contribution in [0.15, 0.2) is 29.4 Å². The number of benzene rings is 1. The Labute approximate surface area is 169 Å². The number of ether oxygens (including phenoxy) is 2. The second-order valence-electron chi connectivity index (χ2n) is 6.96. The zero-order valence-corrected chi connectivity index (χ0v) is 16.3. The highest BCUT2D eigenvalue weighted by atomic mass is 16.5. The standard InChI is InChI=1S/C20H26N4O5/c25-18(24-9-3-4-10-24)14-29-17-8-2-1-6-15(17)12-22-23-20(27)19(26)21-13-16-7-5-11-28-16/h1-2,6,8,12,16H,3-5,7,9-11,13-14H2,(H,21,26)(H,23,27)/b22-12-/t16-/m1/s1. The lowest BCUT2D eigenvalue weighted by atomic mass is 10.2. The van der Waals surface area contributed by atoms with Gasteiger partial charge < -0.3 is 19.7 Å². The number of carbonyl (C=O) groups is 3. The minimum absolute atomic E-state index is 0.0393. The highest BCUT2D eigenvalue weighted by Crippen LogP contribution is 2.16. The fourth-order valence-corrected chi connectivity index (χ4v) is 3.22. The van der Waals surface area contributed by atoms with Crippen molar-refractivity contribution >= 4 is 23.9 Å². The average molecular weight is 402 g/mol. The Morgan fingerprint density at radius 2 is 1.97 bits per heavy atom. The van der Waals surface area contributed by atoms with E-state index in [1.54, 1.807) is 29.2 Å². The van der Waals surface area contributed by atoms with E-state index in [1.165, 1.54) is 6.21 Å². The molecule has 1 atom stereocenters. The Hall–Kier alpha value is -2.94. The average Bonchev–Trinajstić information content (AvgIpc) is 3.45. The quantitative estimate of drug-likeness (QED) is 0.391. The van der Waals surface area contributed by atoms with Gasteiger partial charge in [0.15, 0.2) is 6.61 Å². The van der Waals surface area contributed by atoms with Gasteiger partial charge in [0.2, 0.25) is 0 Å². The maximum Gasteiger partial charge on any atom is 0.329 e. The molecule has 0 radical (unpaired) electrons. The number of hydrazone groups is 1. The van der Waals surface area contributed by atoms with E-state index in [0.717, 1.165) is 38.8 Å². The van der Waals surface area contributed by atoms with E-state index in [9.17, 15) is 14.4 Å². The molecule has 0 saturated carbocycles. The van der Waals surface area contributed by atoms with Gasteiger partial charge in [0.1, 0.15) is 5.75 Å². The topological polar surface area (TPSA) is 109 Å². The first-order valence-electron chi connectivity index (χ1n) is 9.86. The first-order valence-corrected chi connectivity index (χ1v) is 9.86. The number of nitrogens with one attached hydrogen (secondary N) is 2. The van der Waals surface area contributed by atoms with Gasteiger partial charge in [-0.1, -0.05) is 12.1 Å². The molecular formula is C20H26N4O5. The third-order valence-corrected chi connectivity index (χ3v) is 4.82. The van der Waals surface area contributed by atoms with Gasteiger partial charge in [0, 0.05) is 31.8 Å². The van der Waals surface area contributed by atoms with Crippen molar-refractivity contribution in [1.29, 1.82) is 0 Å². The highest BCUT2D eigenvalue weighted by molar-refractivity contribution is 6.35. The van der Waals surface area contributed by atoms with Gasteiger partial charge in [0.05, 0.1) is 12.3 Å². The van der Waals surface area contributed by atoms with Crippen LogP contribution in [0.4, 0.5) is 0 Å². The van der Waals surface area contributed by atoms with Crippen LogP contribution in [0, 0.1) is 0 Å². The lowest BCUT2D eigenvalue weighted by Gasteiger charge is -2.16. The van der Waals surface area contributed by atoms with Crippen molar-refractivity contribution in [3.63, 3.8) is 0 Å². The molecule has 0 aromatic heterocycles. The Morgan fingerprint density at radius 3 is 2.72 bits per heavy atom. The number of amides is 3. The highest BCUT2D eigenvalue weighted by Gasteiger charge is 2.20. The molecule has 0 aliphatic carbocycles. The predicted molar refractivity (Wildman–Crippen MR) is 105 cm³/mol. The number of nitrogens with zero attached hydrogens (tertiary/aromatic N) is 2. The van der Waals surface area contributed by atoms with E-state index < -0.39 is 11.8 Å². The van der Waals surface area contributed by atoms with Crippen LogP contribution in [0.25, 0.3) is 0 Å². The van der Waals surface area contributed by atoms with Crippen LogP contribution < -0.4 is 15.5 Å². The zero-order chi connectivity index (χ0) is 20.5. The Bertz CT molecular complexity index is 755. The second kappa shape index (κ2) is 10.6. The van der Waals surface area contributed by atoms with E-state index >= 15 is 0 Å². The van der Waals surface area contributed by atoms with Gasteiger partial charge in [-0.3, -0.25) is 14.4 Å². The molecule has 0 bridgehead atoms. The molecule has 1 aromatic rings. The molecule has 3 rings (SSSR count). The number of likely N-dealkylation sites (tertiary alicyclic amines) is 1. The molecular weight excluding hydrogens is 376 g/mol. The number of hydrogen-bond donors (Lipinski definition) is 2. The van der Waals surface area contributed by atoms with Gasteiger partial charge in [-0.2, -0.15) is 5.10 Å². The van der Waals surface area contributed by atoms with Crippen LogP contribution in [0.3, 0.4) is 0 Å². The van der Waals surface area contributed by atoms with E-state index in [1.807, 2.05) is 0 Å². The van der Waals surface area contributed by atoms with Crippen LogP contribution in [0.2, 0.25) is 0 Å². The predicted octanol–water partition coefficient (Wildman–Crippen LogP) is 0.433. The smallest absolute Gasteiger partial charge is 0.329 e. The van der Waals surface area contributed by atoms with Gasteiger partial charge in [-0.25, -0.2) is 5.43 Å². The summed E-state index contributed by atoms with van der Waals surface area (Å²) in [5.41, 5.74) is 2.78. The van der Waals surface area contributed by atoms with Crippen LogP contribution in [0.5, 0.6) is 5.75 Å². The van der Waals surface area contributed by atoms with Crippen molar-refractivity contribution in [2.24, 2.45) is 5.10 Å². The molecule has 9 nitrogen and oxygen atoms in total. The van der Waals surface area contributed by atoms with Crippen molar-refractivity contribution in [3.05, 3.63) is 29.8 Å². The van der Waals surface area contributed by atoms with Crippen molar-refractivity contribution in [3.8, 4) is 5.75 Å². The molecule has 2 aliphatic rings. The molecule has 1 aromatic carbocycles. The van der Waals surface area contributed by atoms with Crippen LogP contribution in [0.1, 0.15) is 31.2 Å². The summed E-state index contributed by atoms with van der Waals surface area (Å²) in [5.74, 6) is -1.20. The Morgan fingerprint density at radius 1 is 1.17 bits per heavy atom. The van der Waals surface area contributed by atoms with Crippen LogP contribution in [-0.4, -0.2) is 67.8 Å². The summed E-state index contributed by atoms with van der Waals surface area (Å²) < 4.78 is 11.0. The Kier molecular flexibility index (Phi) is 7.57. The summed E-state index contributed by atoms with van der Waals surface area (Å²) in [6, 6.07) is 7.02. The summed E-state index contributed by atoms with van der Waals surface area (Å²) in [4.78, 5) is 37.5. The lowest BCUT2D eigenvalue weighted by Crippen LogP contribution is -2.41. The van der Waals surface area contributed by atoms with Gasteiger partial charge in [0.25, 0.3) is 5.91 Å². The normalized spacial score (nSPS) is 18.8. The van der Waals surface area contributed by atoms with Crippen LogP contribution in [-0.2, 0) is 19.1 Å². The molecule has 2 N–H and O–H groups in total. The third kappa shape index (κ3) is 6.28. The third-order valence-electron chi connectivity index (χ3n) is 4.82. The SMILES string of the molecule is O=C(NC[C@H]1CCCO1)C(=O)N/N=C\c1ccccc1OCC(=O)N1CCCC1. The second-order valence-corrected chi connectivity index (χ2v) is 6.96. The summed E-state index contributed by atoms with van der Waals surface area (Å²) in [6.45, 7) is 2.47. The van der Waals surface area contributed by atoms with Crippen molar-refractivity contribution < 1.29 is 23.9 Å². The van der Waals surface area contributed by atoms with Crippen molar-refractivity contribution in [1.82, 2.24) is 15.6 Å². The molecule has 2 fully saturated rings. The largest absolute Gasteiger partial charge is 0.483 e. The van der Waals surface area contributed by atoms with Gasteiger partial charge in [-0.15, -0.1) is 0 Å². The van der Waals surface area contributed by atoms with E-state index in [-0.39, 0.29) is 18.6 Å². The number of para-hydroxylation sites is 1. The van der Waals surface area contributed by atoms with E-state index in [2.05, 4.69) is 15.8 Å². The van der Waals surface area contributed by atoms with Crippen molar-refractivity contribution in [2.75, 3.05) is 32.8 Å². The maximum atomic E-state index is 12.1. The summed E-state index contributed by atoms with van der Waals surface area (Å²) in [7, 11) is 0. The Balaban J connectivity index is 1.46. The molecule has 156 valence electrons. The summed E-state index contributed by atoms with van der Waals surface area (Å²) in [6.07, 6.45) is 5.22. The molecule has 2 aliphatic heterocycles. The van der Waals surface area contributed by atoms with E-state index in [4.69, 9.17) is 9.47 Å². The minimum Gasteiger partial charge on any atom is -0.483 e. The minimum atomic E-state index is -0.859. The number of rotatable bonds is 7. The lowest BCUT2D eigenvalue weighted by molar-refractivity contribution is -0.139. The summed E-state index contributed by atoms with van der Waals surface area (Å²) in [5, 5.41) is 6.34. The fourth-order valence-electron chi connectivity index (χ4n) is 3.22. The van der Waals surface area contributed by atoms with E-state index in [0.29, 0.717) is 24.5 Å². The molecule has 0 unspecified atom stereocenters. The summed E-state index contributed by atoms with van der Waals surface area (Å²) >= 11 is 0. The number of carbonyl (C=O) groups excluding carboxylic acids is 3. The molecule has 2 heterocycles. The molecule has 9 heteroatoms. The first kappa shape index (κ1) is 20.8. The zero-order valence-electron chi connectivity index (χ0n) is 16.3. The monoisotopic (exact) mass is 402 g/mol. The first-order chi connectivity index (χ1) is 14.1. The molecule has 29 heavy (non-hydrogen) atoms. The van der Waals surface area contributed by atoms with Crippen molar-refractivity contribution in [2.45, 2.75) is 31.8 Å². The molecule has 2 saturated heterocycles. The molecule has 3 amide bonds. The van der Waals surface area contributed by atoms with Gasteiger partial charge >= 0.3 is 11.8 Å². The van der Waals surface area contributed by atoms with Gasteiger partial charge in [-0.05, 0) is 37.8 Å². The number of hydrogen-bond acceptors (Lipinski definition) is 6.